The number of nitrogens with one attached hydrogen (secondary N) is 2. The molecule has 2 N–H and O–H groups in total. The molecule has 31 heavy (non-hydrogen) atoms. The zero-order valence-corrected chi connectivity index (χ0v) is 17.8. The molecule has 1 amide bonds. The molecule has 7 heteroatoms. The second-order valence-corrected chi connectivity index (χ2v) is 8.16. The molecule has 3 heterocycles. The number of hydrogen-bond donors (Lipinski definition) is 2. The lowest BCUT2D eigenvalue weighted by Crippen LogP contribution is -2.19. The summed E-state index contributed by atoms with van der Waals surface area (Å²) in [5.74, 6) is 0.0213. The molecule has 0 saturated carbocycles. The van der Waals surface area contributed by atoms with Gasteiger partial charge in [-0.05, 0) is 37.6 Å². The molecule has 1 atom stereocenters. The largest absolute Gasteiger partial charge is 0.380 e. The highest BCUT2D eigenvalue weighted by Crippen LogP contribution is 2.39. The summed E-state index contributed by atoms with van der Waals surface area (Å²) in [6.07, 6.45) is 4.22. The summed E-state index contributed by atoms with van der Waals surface area (Å²) in [5.41, 5.74) is 7.49. The molecule has 7 nitrogen and oxygen atoms in total. The number of fused-ring (bicyclic) bond motifs is 2. The van der Waals surface area contributed by atoms with E-state index in [2.05, 4.69) is 46.6 Å². The zero-order chi connectivity index (χ0) is 21.7. The summed E-state index contributed by atoms with van der Waals surface area (Å²) in [6.45, 7) is 8.04. The average Bonchev–Trinajstić information content (AvgIpc) is 3.27. The molecule has 0 spiro atoms. The molecule has 0 bridgehead atoms. The van der Waals surface area contributed by atoms with Crippen LogP contribution < -0.4 is 10.6 Å². The summed E-state index contributed by atoms with van der Waals surface area (Å²) in [4.78, 5) is 12.2. The number of carbonyl (C=O) groups excluding carboxylic acids is 1. The van der Waals surface area contributed by atoms with Crippen molar-refractivity contribution in [2.75, 3.05) is 10.6 Å². The molecular weight excluding hydrogens is 388 g/mol. The molecule has 2 aromatic heterocycles. The van der Waals surface area contributed by atoms with Crippen LogP contribution in [0, 0.1) is 0 Å². The van der Waals surface area contributed by atoms with E-state index >= 15 is 0 Å². The van der Waals surface area contributed by atoms with E-state index in [-0.39, 0.29) is 11.9 Å². The fraction of sp³-hybridized carbons (Fsp3) is 0.208. The highest BCUT2D eigenvalue weighted by Gasteiger charge is 2.21. The van der Waals surface area contributed by atoms with Crippen molar-refractivity contribution in [2.45, 2.75) is 26.3 Å². The number of benzene rings is 2. The summed E-state index contributed by atoms with van der Waals surface area (Å²) < 4.78 is 3.64. The van der Waals surface area contributed by atoms with Gasteiger partial charge in [-0.1, -0.05) is 24.8 Å². The van der Waals surface area contributed by atoms with E-state index < -0.39 is 0 Å². The molecular formula is C24H24N6O. The predicted octanol–water partition coefficient (Wildman–Crippen LogP) is 4.74. The van der Waals surface area contributed by atoms with Gasteiger partial charge < -0.3 is 10.6 Å². The first-order valence-electron chi connectivity index (χ1n) is 10.3. The SMILES string of the molecule is C=C(C)n1nc(-c2cnn(C)c2)c2cc(-c3cccc4c3NC(C)CC(=O)N4)ccc21. The van der Waals surface area contributed by atoms with Crippen LogP contribution in [-0.2, 0) is 11.8 Å². The minimum absolute atomic E-state index is 0.0213. The number of aromatic nitrogens is 4. The number of hydrogen-bond acceptors (Lipinski definition) is 4. The molecule has 0 radical (unpaired) electrons. The van der Waals surface area contributed by atoms with Gasteiger partial charge in [0.15, 0.2) is 0 Å². The number of para-hydroxylation sites is 1. The molecule has 156 valence electrons. The summed E-state index contributed by atoms with van der Waals surface area (Å²) in [6, 6.07) is 12.3. The first-order chi connectivity index (χ1) is 14.9. The molecule has 4 aromatic rings. The van der Waals surface area contributed by atoms with Crippen molar-refractivity contribution in [1.82, 2.24) is 19.6 Å². The maximum atomic E-state index is 12.2. The fourth-order valence-electron chi connectivity index (χ4n) is 4.16. The Balaban J connectivity index is 1.72. The van der Waals surface area contributed by atoms with Crippen molar-refractivity contribution in [3.8, 4) is 22.4 Å². The molecule has 1 aliphatic rings. The highest BCUT2D eigenvalue weighted by molar-refractivity contribution is 6.02. The lowest BCUT2D eigenvalue weighted by atomic mass is 9.99. The summed E-state index contributed by atoms with van der Waals surface area (Å²) in [7, 11) is 1.90. The second-order valence-electron chi connectivity index (χ2n) is 8.16. The third-order valence-electron chi connectivity index (χ3n) is 5.55. The minimum Gasteiger partial charge on any atom is -0.380 e. The third kappa shape index (κ3) is 3.28. The van der Waals surface area contributed by atoms with Gasteiger partial charge in [-0.2, -0.15) is 10.2 Å². The Labute approximate surface area is 180 Å². The molecule has 0 fully saturated rings. The maximum absolute atomic E-state index is 12.2. The number of amides is 1. The summed E-state index contributed by atoms with van der Waals surface area (Å²) >= 11 is 0. The number of carbonyl (C=O) groups is 1. The number of aryl methyl sites for hydroxylation is 1. The van der Waals surface area contributed by atoms with E-state index in [0.29, 0.717) is 6.42 Å². The summed E-state index contributed by atoms with van der Waals surface area (Å²) in [5, 5.41) is 16.7. The van der Waals surface area contributed by atoms with E-state index in [1.54, 1.807) is 4.68 Å². The van der Waals surface area contributed by atoms with Gasteiger partial charge in [0.1, 0.15) is 5.69 Å². The van der Waals surface area contributed by atoms with Crippen molar-refractivity contribution in [3.05, 3.63) is 55.4 Å². The number of rotatable bonds is 3. The first-order valence-corrected chi connectivity index (χ1v) is 10.3. The van der Waals surface area contributed by atoms with Crippen LogP contribution in [0.2, 0.25) is 0 Å². The van der Waals surface area contributed by atoms with Crippen molar-refractivity contribution in [1.29, 1.82) is 0 Å². The lowest BCUT2D eigenvalue weighted by molar-refractivity contribution is -0.116. The second kappa shape index (κ2) is 7.12. The predicted molar refractivity (Wildman–Crippen MR) is 125 cm³/mol. The maximum Gasteiger partial charge on any atom is 0.226 e. The van der Waals surface area contributed by atoms with Crippen molar-refractivity contribution < 1.29 is 4.79 Å². The van der Waals surface area contributed by atoms with Gasteiger partial charge >= 0.3 is 0 Å². The Morgan fingerprint density at radius 3 is 2.81 bits per heavy atom. The monoisotopic (exact) mass is 412 g/mol. The Hall–Kier alpha value is -3.87. The molecule has 2 aromatic carbocycles. The van der Waals surface area contributed by atoms with Gasteiger partial charge in [0, 0.05) is 47.9 Å². The standard InChI is InChI=1S/C24H24N6O/c1-14(2)30-21-9-8-16(11-19(21)23(28-30)17-12-25-29(4)13-17)18-6-5-7-20-24(18)26-15(3)10-22(31)27-20/h5-9,11-13,15,26H,1,10H2,2-4H3,(H,27,31). The Morgan fingerprint density at radius 1 is 1.23 bits per heavy atom. The van der Waals surface area contributed by atoms with Crippen LogP contribution in [0.25, 0.3) is 39.0 Å². The van der Waals surface area contributed by atoms with Gasteiger partial charge in [0.25, 0.3) is 0 Å². The third-order valence-corrected chi connectivity index (χ3v) is 5.55. The van der Waals surface area contributed by atoms with E-state index in [1.165, 1.54) is 0 Å². The van der Waals surface area contributed by atoms with Crippen molar-refractivity contribution in [3.63, 3.8) is 0 Å². The van der Waals surface area contributed by atoms with Crippen molar-refractivity contribution >= 4 is 33.9 Å². The van der Waals surface area contributed by atoms with Gasteiger partial charge in [0.05, 0.1) is 23.1 Å². The Kier molecular flexibility index (Phi) is 4.39. The van der Waals surface area contributed by atoms with E-state index in [9.17, 15) is 4.79 Å². The average molecular weight is 412 g/mol. The van der Waals surface area contributed by atoms with Crippen LogP contribution in [0.5, 0.6) is 0 Å². The molecule has 0 aliphatic carbocycles. The van der Waals surface area contributed by atoms with E-state index in [4.69, 9.17) is 5.10 Å². The van der Waals surface area contributed by atoms with Crippen LogP contribution in [0.3, 0.4) is 0 Å². The molecule has 1 aliphatic heterocycles. The number of anilines is 2. The normalized spacial score (nSPS) is 15.8. The van der Waals surface area contributed by atoms with Crippen LogP contribution in [-0.4, -0.2) is 31.5 Å². The minimum atomic E-state index is 0.0213. The van der Waals surface area contributed by atoms with Crippen LogP contribution in [0.4, 0.5) is 11.4 Å². The Morgan fingerprint density at radius 2 is 2.06 bits per heavy atom. The lowest BCUT2D eigenvalue weighted by Gasteiger charge is -2.17. The topological polar surface area (TPSA) is 76.8 Å². The molecule has 1 unspecified atom stereocenters. The fourth-order valence-corrected chi connectivity index (χ4v) is 4.16. The van der Waals surface area contributed by atoms with Gasteiger partial charge in [-0.3, -0.25) is 9.48 Å². The number of allylic oxidation sites excluding steroid dienone is 1. The quantitative estimate of drug-likeness (QED) is 0.510. The zero-order valence-electron chi connectivity index (χ0n) is 17.8. The van der Waals surface area contributed by atoms with Gasteiger partial charge in [0.2, 0.25) is 5.91 Å². The number of nitrogens with zero attached hydrogens (tertiary/aromatic N) is 4. The smallest absolute Gasteiger partial charge is 0.226 e. The van der Waals surface area contributed by atoms with Crippen molar-refractivity contribution in [2.24, 2.45) is 7.05 Å². The molecule has 0 saturated heterocycles. The van der Waals surface area contributed by atoms with Gasteiger partial charge in [-0.25, -0.2) is 4.68 Å². The Bertz CT molecular complexity index is 1350. The van der Waals surface area contributed by atoms with Gasteiger partial charge in [-0.15, -0.1) is 0 Å². The van der Waals surface area contributed by atoms with E-state index in [1.807, 2.05) is 50.1 Å². The first kappa shape index (κ1) is 19.1. The molecule has 5 rings (SSSR count). The van der Waals surface area contributed by atoms with Crippen LogP contribution in [0.1, 0.15) is 20.3 Å². The van der Waals surface area contributed by atoms with E-state index in [0.717, 1.165) is 50.4 Å². The van der Waals surface area contributed by atoms with Crippen LogP contribution in [0.15, 0.2) is 55.4 Å². The van der Waals surface area contributed by atoms with Crippen LogP contribution >= 0.6 is 0 Å². The highest BCUT2D eigenvalue weighted by atomic mass is 16.1.